The van der Waals surface area contributed by atoms with Crippen LogP contribution in [0.15, 0.2) is 42.7 Å². The lowest BCUT2D eigenvalue weighted by Crippen LogP contribution is -2.17. The molecule has 3 aromatic rings. The standard InChI is InChI=1S/C19H24N4O/c1-14(2)13-23-18(10-11-21-23)22-19(24)9-5-6-15-12-20-17-8-4-3-7-16(15)17/h3-4,7-8,10-12,14,20H,5-6,9,13H2,1-2H3,(H,22,24). The number of carbonyl (C=O) groups is 1. The zero-order valence-electron chi connectivity index (χ0n) is 14.2. The van der Waals surface area contributed by atoms with Gasteiger partial charge in [-0.1, -0.05) is 32.0 Å². The van der Waals surface area contributed by atoms with Gasteiger partial charge in [0.1, 0.15) is 5.82 Å². The number of benzene rings is 1. The Bertz CT molecular complexity index is 816. The second-order valence-corrected chi connectivity index (χ2v) is 6.55. The zero-order valence-corrected chi connectivity index (χ0v) is 14.2. The molecule has 0 radical (unpaired) electrons. The van der Waals surface area contributed by atoms with E-state index in [4.69, 9.17) is 0 Å². The molecule has 24 heavy (non-hydrogen) atoms. The van der Waals surface area contributed by atoms with Gasteiger partial charge in [-0.15, -0.1) is 0 Å². The van der Waals surface area contributed by atoms with Crippen LogP contribution >= 0.6 is 0 Å². The van der Waals surface area contributed by atoms with Crippen molar-refractivity contribution < 1.29 is 4.79 Å². The fourth-order valence-corrected chi connectivity index (χ4v) is 2.91. The largest absolute Gasteiger partial charge is 0.361 e. The summed E-state index contributed by atoms with van der Waals surface area (Å²) in [5.41, 5.74) is 2.41. The van der Waals surface area contributed by atoms with Crippen LogP contribution in [0, 0.1) is 5.92 Å². The minimum Gasteiger partial charge on any atom is -0.361 e. The number of nitrogens with zero attached hydrogens (tertiary/aromatic N) is 2. The Hall–Kier alpha value is -2.56. The monoisotopic (exact) mass is 324 g/mol. The number of amides is 1. The topological polar surface area (TPSA) is 62.7 Å². The molecule has 126 valence electrons. The molecule has 2 N–H and O–H groups in total. The third-order valence-corrected chi connectivity index (χ3v) is 4.05. The van der Waals surface area contributed by atoms with Gasteiger partial charge in [0.2, 0.25) is 5.91 Å². The van der Waals surface area contributed by atoms with Gasteiger partial charge in [0.15, 0.2) is 0 Å². The normalized spacial score (nSPS) is 11.3. The summed E-state index contributed by atoms with van der Waals surface area (Å²) >= 11 is 0. The molecule has 0 unspecified atom stereocenters. The molecule has 0 spiro atoms. The van der Waals surface area contributed by atoms with Crippen LogP contribution in [0.5, 0.6) is 0 Å². The molecule has 1 amide bonds. The second kappa shape index (κ2) is 7.34. The molecule has 0 saturated carbocycles. The number of aryl methyl sites for hydroxylation is 1. The molecular weight excluding hydrogens is 300 g/mol. The maximum atomic E-state index is 12.2. The molecule has 2 heterocycles. The highest BCUT2D eigenvalue weighted by Gasteiger charge is 2.09. The summed E-state index contributed by atoms with van der Waals surface area (Å²) in [6.45, 7) is 5.07. The Labute approximate surface area is 142 Å². The summed E-state index contributed by atoms with van der Waals surface area (Å²) in [5, 5.41) is 8.47. The van der Waals surface area contributed by atoms with Crippen molar-refractivity contribution in [2.24, 2.45) is 5.92 Å². The molecule has 2 aromatic heterocycles. The average molecular weight is 324 g/mol. The van der Waals surface area contributed by atoms with Crippen LogP contribution in [-0.4, -0.2) is 20.7 Å². The number of rotatable bonds is 7. The summed E-state index contributed by atoms with van der Waals surface area (Å²) in [7, 11) is 0. The van der Waals surface area contributed by atoms with Crippen LogP contribution in [-0.2, 0) is 17.8 Å². The minimum absolute atomic E-state index is 0.0420. The van der Waals surface area contributed by atoms with Gasteiger partial charge in [-0.05, 0) is 30.4 Å². The van der Waals surface area contributed by atoms with E-state index in [1.807, 2.05) is 29.1 Å². The van der Waals surface area contributed by atoms with Gasteiger partial charge < -0.3 is 10.3 Å². The average Bonchev–Trinajstić information content (AvgIpc) is 3.15. The third-order valence-electron chi connectivity index (χ3n) is 4.05. The Kier molecular flexibility index (Phi) is 4.99. The number of carbonyl (C=O) groups excluding carboxylic acids is 1. The van der Waals surface area contributed by atoms with Crippen molar-refractivity contribution in [2.45, 2.75) is 39.7 Å². The summed E-state index contributed by atoms with van der Waals surface area (Å²) < 4.78 is 1.85. The first kappa shape index (κ1) is 16.3. The lowest BCUT2D eigenvalue weighted by Gasteiger charge is -2.10. The van der Waals surface area contributed by atoms with E-state index in [0.29, 0.717) is 12.3 Å². The van der Waals surface area contributed by atoms with E-state index in [2.05, 4.69) is 41.4 Å². The van der Waals surface area contributed by atoms with Crippen molar-refractivity contribution in [3.8, 4) is 0 Å². The molecule has 0 fully saturated rings. The second-order valence-electron chi connectivity index (χ2n) is 6.55. The quantitative estimate of drug-likeness (QED) is 0.690. The molecule has 5 heteroatoms. The van der Waals surface area contributed by atoms with Crippen molar-refractivity contribution in [2.75, 3.05) is 5.32 Å². The van der Waals surface area contributed by atoms with Crippen LogP contribution < -0.4 is 5.32 Å². The van der Waals surface area contributed by atoms with Crippen molar-refractivity contribution in [3.05, 3.63) is 48.3 Å². The van der Waals surface area contributed by atoms with Crippen LogP contribution in [0.3, 0.4) is 0 Å². The Morgan fingerprint density at radius 1 is 1.29 bits per heavy atom. The van der Waals surface area contributed by atoms with Crippen molar-refractivity contribution in [3.63, 3.8) is 0 Å². The maximum absolute atomic E-state index is 12.2. The van der Waals surface area contributed by atoms with Crippen LogP contribution in [0.25, 0.3) is 10.9 Å². The van der Waals surface area contributed by atoms with Crippen molar-refractivity contribution in [1.29, 1.82) is 0 Å². The molecule has 0 bridgehead atoms. The number of hydrogen-bond acceptors (Lipinski definition) is 2. The number of fused-ring (bicyclic) bond motifs is 1. The van der Waals surface area contributed by atoms with E-state index in [0.717, 1.165) is 30.7 Å². The molecule has 0 aliphatic rings. The first-order valence-corrected chi connectivity index (χ1v) is 8.50. The number of H-pyrrole nitrogens is 1. The molecule has 3 rings (SSSR count). The molecule has 1 aromatic carbocycles. The highest BCUT2D eigenvalue weighted by Crippen LogP contribution is 2.19. The van der Waals surface area contributed by atoms with Crippen molar-refractivity contribution >= 4 is 22.6 Å². The van der Waals surface area contributed by atoms with Gasteiger partial charge in [-0.25, -0.2) is 4.68 Å². The van der Waals surface area contributed by atoms with E-state index in [-0.39, 0.29) is 5.91 Å². The van der Waals surface area contributed by atoms with Gasteiger partial charge >= 0.3 is 0 Å². The first-order chi connectivity index (χ1) is 11.6. The molecule has 0 aliphatic carbocycles. The van der Waals surface area contributed by atoms with Gasteiger partial charge in [0.05, 0.1) is 6.20 Å². The van der Waals surface area contributed by atoms with E-state index < -0.39 is 0 Å². The predicted octanol–water partition coefficient (Wildman–Crippen LogP) is 3.98. The first-order valence-electron chi connectivity index (χ1n) is 8.50. The van der Waals surface area contributed by atoms with E-state index >= 15 is 0 Å². The van der Waals surface area contributed by atoms with Crippen molar-refractivity contribution in [1.82, 2.24) is 14.8 Å². The molecule has 5 nitrogen and oxygen atoms in total. The Morgan fingerprint density at radius 2 is 2.12 bits per heavy atom. The molecule has 0 saturated heterocycles. The smallest absolute Gasteiger partial charge is 0.225 e. The minimum atomic E-state index is 0.0420. The molecular formula is C19H24N4O. The predicted molar refractivity (Wildman–Crippen MR) is 96.9 cm³/mol. The lowest BCUT2D eigenvalue weighted by atomic mass is 10.1. The van der Waals surface area contributed by atoms with Crippen LogP contribution in [0.4, 0.5) is 5.82 Å². The van der Waals surface area contributed by atoms with Gasteiger partial charge in [0.25, 0.3) is 0 Å². The Balaban J connectivity index is 1.52. The van der Waals surface area contributed by atoms with Crippen LogP contribution in [0.1, 0.15) is 32.3 Å². The highest BCUT2D eigenvalue weighted by molar-refractivity contribution is 5.90. The van der Waals surface area contributed by atoms with E-state index in [1.165, 1.54) is 10.9 Å². The Morgan fingerprint density at radius 3 is 2.96 bits per heavy atom. The fraction of sp³-hybridized carbons (Fsp3) is 0.368. The number of para-hydroxylation sites is 1. The fourth-order valence-electron chi connectivity index (χ4n) is 2.91. The number of anilines is 1. The SMILES string of the molecule is CC(C)Cn1nccc1NC(=O)CCCc1c[nH]c2ccccc12. The lowest BCUT2D eigenvalue weighted by molar-refractivity contribution is -0.116. The van der Waals surface area contributed by atoms with Gasteiger partial charge in [-0.2, -0.15) is 5.10 Å². The third kappa shape index (κ3) is 3.85. The summed E-state index contributed by atoms with van der Waals surface area (Å²) in [4.78, 5) is 15.5. The van der Waals surface area contributed by atoms with Gasteiger partial charge in [0, 0.05) is 36.1 Å². The maximum Gasteiger partial charge on any atom is 0.225 e. The molecule has 0 aliphatic heterocycles. The summed E-state index contributed by atoms with van der Waals surface area (Å²) in [6.07, 6.45) is 5.99. The van der Waals surface area contributed by atoms with E-state index in [9.17, 15) is 4.79 Å². The number of aromatic amines is 1. The number of aromatic nitrogens is 3. The highest BCUT2D eigenvalue weighted by atomic mass is 16.1. The summed E-state index contributed by atoms with van der Waals surface area (Å²) in [6, 6.07) is 10.1. The van der Waals surface area contributed by atoms with Gasteiger partial charge in [-0.3, -0.25) is 4.79 Å². The zero-order chi connectivity index (χ0) is 16.9. The van der Waals surface area contributed by atoms with Crippen LogP contribution in [0.2, 0.25) is 0 Å². The number of hydrogen-bond donors (Lipinski definition) is 2. The summed E-state index contributed by atoms with van der Waals surface area (Å²) in [5.74, 6) is 1.31. The number of nitrogens with one attached hydrogen (secondary N) is 2. The van der Waals surface area contributed by atoms with E-state index in [1.54, 1.807) is 6.20 Å². The molecule has 0 atom stereocenters.